The normalized spacial score (nSPS) is 37.3. The number of likely N-dealkylation sites (N-methyl/N-ethyl adjacent to an activating group) is 1. The van der Waals surface area contributed by atoms with Crippen molar-refractivity contribution >= 4 is 28.6 Å². The van der Waals surface area contributed by atoms with Gasteiger partial charge in [-0.15, -0.1) is 0 Å². The maximum Gasteiger partial charge on any atom is 0.281 e. The number of fused-ring (bicyclic) bond motifs is 5. The van der Waals surface area contributed by atoms with E-state index in [1.807, 2.05) is 13.8 Å². The van der Waals surface area contributed by atoms with E-state index in [2.05, 4.69) is 46.6 Å². The van der Waals surface area contributed by atoms with Gasteiger partial charge in [0.25, 0.3) is 11.8 Å². The Morgan fingerprint density at radius 2 is 1.98 bits per heavy atom. The molecule has 4 fully saturated rings. The minimum atomic E-state index is -2.17. The van der Waals surface area contributed by atoms with Crippen LogP contribution in [0, 0.1) is 17.8 Å². The number of rotatable bonds is 5. The maximum atomic E-state index is 14.4. The van der Waals surface area contributed by atoms with Gasteiger partial charge in [0.15, 0.2) is 0 Å². The van der Waals surface area contributed by atoms with Gasteiger partial charge in [0.05, 0.1) is 5.92 Å². The topological polar surface area (TPSA) is 138 Å². The number of likely N-dealkylation sites (tertiary alicyclic amines) is 1. The summed E-state index contributed by atoms with van der Waals surface area (Å²) in [5.41, 5.74) is 1.78. The van der Waals surface area contributed by atoms with E-state index in [-0.39, 0.29) is 43.0 Å². The highest BCUT2D eigenvalue weighted by molar-refractivity contribution is 5.98. The average Bonchev–Trinajstić information content (AvgIpc) is 3.61. The fourth-order valence-corrected chi connectivity index (χ4v) is 8.65. The highest BCUT2D eigenvalue weighted by Gasteiger charge is 2.72. The molecule has 11 heteroatoms. The van der Waals surface area contributed by atoms with Crippen molar-refractivity contribution in [3.8, 4) is 0 Å². The van der Waals surface area contributed by atoms with Crippen molar-refractivity contribution in [3.63, 3.8) is 0 Å². The molecule has 4 saturated heterocycles. The van der Waals surface area contributed by atoms with Crippen molar-refractivity contribution in [2.75, 3.05) is 13.6 Å². The number of hydrogen-bond acceptors (Lipinski definition) is 7. The lowest BCUT2D eigenvalue weighted by atomic mass is 9.72. The quantitative estimate of drug-likeness (QED) is 0.415. The SMILES string of the molecule is CC(C)C[C@H]1C(=O)N2[C@H](O)CC[C@H]2[C@]2(O)O[C@](NC(=O)[C@@H]3C[C@H]4c5cccc6[nH]cc(c56)C[C@H]4N(C)C3)(C(C)C)C(=O)N12. The second-order valence-corrected chi connectivity index (χ2v) is 14.1. The highest BCUT2D eigenvalue weighted by Crippen LogP contribution is 2.50. The molecule has 0 spiro atoms. The zero-order valence-electron chi connectivity index (χ0n) is 25.5. The molecule has 0 unspecified atom stereocenters. The van der Waals surface area contributed by atoms with Crippen LogP contribution in [-0.2, 0) is 25.5 Å². The van der Waals surface area contributed by atoms with Gasteiger partial charge >= 0.3 is 0 Å². The third-order valence-electron chi connectivity index (χ3n) is 10.7. The monoisotopic (exact) mass is 593 g/mol. The number of piperazine rings is 1. The summed E-state index contributed by atoms with van der Waals surface area (Å²) < 4.78 is 6.39. The van der Waals surface area contributed by atoms with E-state index in [1.165, 1.54) is 26.3 Å². The van der Waals surface area contributed by atoms with Gasteiger partial charge in [-0.3, -0.25) is 24.0 Å². The molecule has 2 aromatic rings. The zero-order chi connectivity index (χ0) is 30.6. The Morgan fingerprint density at radius 3 is 2.70 bits per heavy atom. The molecule has 0 saturated carbocycles. The third-order valence-corrected chi connectivity index (χ3v) is 10.7. The minimum Gasteiger partial charge on any atom is -0.374 e. The second kappa shape index (κ2) is 9.76. The van der Waals surface area contributed by atoms with Crippen molar-refractivity contribution in [2.24, 2.45) is 17.8 Å². The molecule has 7 rings (SSSR count). The minimum absolute atomic E-state index is 0.0251. The number of aliphatic hydroxyl groups is 2. The van der Waals surface area contributed by atoms with E-state index in [1.54, 1.807) is 13.8 Å². The number of amides is 3. The molecule has 1 aromatic heterocycles. The lowest BCUT2D eigenvalue weighted by Gasteiger charge is -2.49. The van der Waals surface area contributed by atoms with Gasteiger partial charge in [0, 0.05) is 41.5 Å². The maximum absolute atomic E-state index is 14.4. The Labute approximate surface area is 251 Å². The van der Waals surface area contributed by atoms with E-state index in [0.29, 0.717) is 13.0 Å². The number of hydrogen-bond donors (Lipinski definition) is 4. The summed E-state index contributed by atoms with van der Waals surface area (Å²) in [7, 11) is 2.05. The molecular weight excluding hydrogens is 550 g/mol. The van der Waals surface area contributed by atoms with Crippen LogP contribution >= 0.6 is 0 Å². The van der Waals surface area contributed by atoms with E-state index in [4.69, 9.17) is 4.74 Å². The molecule has 0 radical (unpaired) electrons. The van der Waals surface area contributed by atoms with E-state index in [0.717, 1.165) is 11.9 Å². The van der Waals surface area contributed by atoms with E-state index in [9.17, 15) is 24.6 Å². The first kappa shape index (κ1) is 28.8. The number of ether oxygens (including phenoxy) is 1. The van der Waals surface area contributed by atoms with Gasteiger partial charge in [0.1, 0.15) is 18.3 Å². The molecule has 5 aliphatic rings. The van der Waals surface area contributed by atoms with Gasteiger partial charge in [-0.2, -0.15) is 0 Å². The molecule has 5 heterocycles. The molecular formula is C32H43N5O6. The van der Waals surface area contributed by atoms with Crippen molar-refractivity contribution in [3.05, 3.63) is 35.5 Å². The number of H-pyrrole nitrogens is 1. The van der Waals surface area contributed by atoms with E-state index < -0.39 is 53.6 Å². The summed E-state index contributed by atoms with van der Waals surface area (Å²) in [5, 5.41) is 27.1. The zero-order valence-corrected chi connectivity index (χ0v) is 25.5. The number of aliphatic hydroxyl groups excluding tert-OH is 1. The molecule has 11 nitrogen and oxygen atoms in total. The van der Waals surface area contributed by atoms with Crippen LogP contribution in [0.5, 0.6) is 0 Å². The van der Waals surface area contributed by atoms with E-state index >= 15 is 0 Å². The lowest BCUT2D eigenvalue weighted by molar-refractivity contribution is -0.326. The molecule has 0 bridgehead atoms. The van der Waals surface area contributed by atoms with Crippen molar-refractivity contribution < 1.29 is 29.3 Å². The summed E-state index contributed by atoms with van der Waals surface area (Å²) in [6.07, 6.45) is 3.38. The number of aromatic amines is 1. The Balaban J connectivity index is 1.21. The predicted octanol–water partition coefficient (Wildman–Crippen LogP) is 1.84. The van der Waals surface area contributed by atoms with Crippen LogP contribution in [-0.4, -0.2) is 97.2 Å². The molecule has 4 aliphatic heterocycles. The molecule has 4 N–H and O–H groups in total. The largest absolute Gasteiger partial charge is 0.374 e. The van der Waals surface area contributed by atoms with Crippen LogP contribution in [0.25, 0.3) is 10.9 Å². The summed E-state index contributed by atoms with van der Waals surface area (Å²) in [6.45, 7) is 7.95. The Morgan fingerprint density at radius 1 is 1.21 bits per heavy atom. The molecule has 3 amide bonds. The summed E-state index contributed by atoms with van der Waals surface area (Å²) in [4.78, 5) is 50.4. The number of nitrogens with one attached hydrogen (secondary N) is 2. The lowest BCUT2D eigenvalue weighted by Crippen LogP contribution is -2.72. The van der Waals surface area contributed by atoms with Crippen LogP contribution in [0.1, 0.15) is 70.4 Å². The van der Waals surface area contributed by atoms with Crippen molar-refractivity contribution in [2.45, 2.75) is 102 Å². The first-order chi connectivity index (χ1) is 20.4. The fourth-order valence-electron chi connectivity index (χ4n) is 8.65. The number of carbonyl (C=O) groups excluding carboxylic acids is 3. The Hall–Kier alpha value is -2.99. The molecule has 1 aliphatic carbocycles. The first-order valence-electron chi connectivity index (χ1n) is 15.7. The van der Waals surface area contributed by atoms with Gasteiger partial charge in [-0.05, 0) is 62.3 Å². The van der Waals surface area contributed by atoms with Crippen LogP contribution in [0.15, 0.2) is 24.4 Å². The summed E-state index contributed by atoms with van der Waals surface area (Å²) in [6, 6.07) is 4.61. The van der Waals surface area contributed by atoms with Crippen molar-refractivity contribution in [1.29, 1.82) is 0 Å². The third kappa shape index (κ3) is 3.97. The molecule has 1 aromatic carbocycles. The summed E-state index contributed by atoms with van der Waals surface area (Å²) in [5.74, 6) is -4.28. The molecule has 8 atom stereocenters. The van der Waals surface area contributed by atoms with Gasteiger partial charge in [-0.25, -0.2) is 0 Å². The standard InChI is InChI=1S/C32H43N5O6/c1-16(2)11-24-29(40)36-25(9-10-26(36)38)32(42)37(24)30(41)31(43-32,17(3)4)34-28(39)19-12-21-20-7-6-8-22-27(20)18(14-33-22)13-23(21)35(5)15-19/h6-8,14,16-17,19,21,23-26,33,38,42H,9-13,15H2,1-5H3,(H,34,39)/t19-,21+,23-,24+,25+,26-,31-,32+/m1/s1. The van der Waals surface area contributed by atoms with Crippen molar-refractivity contribution in [1.82, 2.24) is 25.0 Å². The highest BCUT2D eigenvalue weighted by atomic mass is 16.7. The number of aromatic nitrogens is 1. The number of benzene rings is 1. The van der Waals surface area contributed by atoms with Crippen LogP contribution in [0.2, 0.25) is 0 Å². The fraction of sp³-hybridized carbons (Fsp3) is 0.656. The van der Waals surface area contributed by atoms with Crippen LogP contribution < -0.4 is 5.32 Å². The number of nitrogens with zero attached hydrogens (tertiary/aromatic N) is 3. The summed E-state index contributed by atoms with van der Waals surface area (Å²) >= 11 is 0. The van der Waals surface area contributed by atoms with Crippen LogP contribution in [0.4, 0.5) is 0 Å². The number of piperidine rings is 1. The predicted molar refractivity (Wildman–Crippen MR) is 157 cm³/mol. The number of carbonyl (C=O) groups is 3. The Bertz CT molecular complexity index is 1490. The van der Waals surface area contributed by atoms with Gasteiger partial charge in [-0.1, -0.05) is 39.8 Å². The smallest absolute Gasteiger partial charge is 0.281 e. The second-order valence-electron chi connectivity index (χ2n) is 14.1. The Kier molecular flexibility index (Phi) is 6.52. The van der Waals surface area contributed by atoms with Gasteiger partial charge < -0.3 is 30.3 Å². The van der Waals surface area contributed by atoms with Crippen LogP contribution in [0.3, 0.4) is 0 Å². The van der Waals surface area contributed by atoms with Gasteiger partial charge in [0.2, 0.25) is 17.5 Å². The molecule has 43 heavy (non-hydrogen) atoms. The molecule has 232 valence electrons. The first-order valence-corrected chi connectivity index (χ1v) is 15.7. The average molecular weight is 594 g/mol.